The molecule has 0 aliphatic carbocycles. The molecule has 5 rings (SSSR count). The Bertz CT molecular complexity index is 1310. The summed E-state index contributed by atoms with van der Waals surface area (Å²) in [5.74, 6) is 0.645. The summed E-state index contributed by atoms with van der Waals surface area (Å²) in [5.41, 5.74) is 1.50. The first-order chi connectivity index (χ1) is 16.6. The maximum Gasteiger partial charge on any atom is 0.243 e. The zero-order valence-corrected chi connectivity index (χ0v) is 20.9. The van der Waals surface area contributed by atoms with Crippen molar-refractivity contribution < 1.29 is 27.5 Å². The molecular formula is C25H29N3O6S. The predicted octanol–water partition coefficient (Wildman–Crippen LogP) is 2.39. The van der Waals surface area contributed by atoms with Crippen molar-refractivity contribution in [3.8, 4) is 11.5 Å². The van der Waals surface area contributed by atoms with E-state index in [2.05, 4.69) is 5.32 Å². The van der Waals surface area contributed by atoms with Crippen molar-refractivity contribution >= 4 is 27.5 Å². The van der Waals surface area contributed by atoms with Crippen molar-refractivity contribution in [1.82, 2.24) is 9.62 Å². The summed E-state index contributed by atoms with van der Waals surface area (Å²) in [7, 11) is -2.12. The van der Waals surface area contributed by atoms with Gasteiger partial charge >= 0.3 is 0 Å². The molecule has 9 nitrogen and oxygen atoms in total. The maximum atomic E-state index is 13.5. The second-order valence-corrected chi connectivity index (χ2v) is 11.7. The van der Waals surface area contributed by atoms with E-state index in [0.29, 0.717) is 43.0 Å². The van der Waals surface area contributed by atoms with Crippen LogP contribution in [0.2, 0.25) is 0 Å². The van der Waals surface area contributed by atoms with Gasteiger partial charge in [-0.25, -0.2) is 8.42 Å². The molecule has 2 aromatic rings. The molecular weight excluding hydrogens is 470 g/mol. The highest BCUT2D eigenvalue weighted by molar-refractivity contribution is 7.89. The summed E-state index contributed by atoms with van der Waals surface area (Å²) in [6, 6.07) is 10.3. The van der Waals surface area contributed by atoms with Crippen molar-refractivity contribution in [1.29, 1.82) is 0 Å². The zero-order valence-electron chi connectivity index (χ0n) is 20.0. The van der Waals surface area contributed by atoms with Gasteiger partial charge in [0.2, 0.25) is 28.6 Å². The third-order valence-electron chi connectivity index (χ3n) is 7.14. The molecule has 1 atom stereocenters. The van der Waals surface area contributed by atoms with Crippen LogP contribution in [-0.2, 0) is 31.6 Å². The molecule has 3 heterocycles. The average Bonchev–Trinajstić information content (AvgIpc) is 3.39. The molecule has 1 N–H and O–H groups in total. The third kappa shape index (κ3) is 4.04. The minimum Gasteiger partial charge on any atom is -0.454 e. The van der Waals surface area contributed by atoms with Gasteiger partial charge < -0.3 is 19.7 Å². The normalized spacial score (nSPS) is 21.2. The fourth-order valence-electron chi connectivity index (χ4n) is 5.02. The smallest absolute Gasteiger partial charge is 0.243 e. The number of amides is 2. The number of benzene rings is 2. The number of nitrogens with zero attached hydrogens (tertiary/aromatic N) is 2. The number of piperidine rings is 1. The van der Waals surface area contributed by atoms with Gasteiger partial charge in [0.1, 0.15) is 0 Å². The first-order valence-corrected chi connectivity index (χ1v) is 13.1. The number of nitrogens with one attached hydrogen (secondary N) is 1. The Morgan fingerprint density at radius 2 is 1.91 bits per heavy atom. The Hall–Kier alpha value is -3.11. The van der Waals surface area contributed by atoms with Crippen molar-refractivity contribution in [3.63, 3.8) is 0 Å². The van der Waals surface area contributed by atoms with Crippen molar-refractivity contribution in [3.05, 3.63) is 47.5 Å². The van der Waals surface area contributed by atoms with Crippen LogP contribution in [0.15, 0.2) is 41.3 Å². The van der Waals surface area contributed by atoms with Gasteiger partial charge in [-0.3, -0.25) is 9.59 Å². The van der Waals surface area contributed by atoms with Crippen LogP contribution in [0.1, 0.15) is 37.8 Å². The Morgan fingerprint density at radius 1 is 1.14 bits per heavy atom. The number of ether oxygens (including phenoxy) is 2. The van der Waals surface area contributed by atoms with E-state index in [9.17, 15) is 18.0 Å². The number of anilines is 1. The van der Waals surface area contributed by atoms with E-state index in [1.807, 2.05) is 18.2 Å². The Kier molecular flexibility index (Phi) is 5.76. The second-order valence-electron chi connectivity index (χ2n) is 9.78. The first kappa shape index (κ1) is 23.6. The van der Waals surface area contributed by atoms with Gasteiger partial charge in [-0.1, -0.05) is 6.07 Å². The molecule has 1 saturated heterocycles. The quantitative estimate of drug-likeness (QED) is 0.677. The molecule has 0 saturated carbocycles. The summed E-state index contributed by atoms with van der Waals surface area (Å²) >= 11 is 0. The van der Waals surface area contributed by atoms with Crippen LogP contribution in [0, 0.1) is 5.92 Å². The Balaban J connectivity index is 1.28. The summed E-state index contributed by atoms with van der Waals surface area (Å²) in [6.45, 7) is 4.58. The lowest BCUT2D eigenvalue weighted by Crippen LogP contribution is -2.45. The van der Waals surface area contributed by atoms with E-state index in [0.717, 1.165) is 11.3 Å². The first-order valence-electron chi connectivity index (χ1n) is 11.7. The predicted molar refractivity (Wildman–Crippen MR) is 129 cm³/mol. The molecule has 1 fully saturated rings. The van der Waals surface area contributed by atoms with Crippen molar-refractivity contribution in [2.75, 3.05) is 31.8 Å². The Morgan fingerprint density at radius 3 is 2.71 bits per heavy atom. The molecule has 186 valence electrons. The van der Waals surface area contributed by atoms with E-state index < -0.39 is 21.4 Å². The molecule has 0 aromatic heterocycles. The van der Waals surface area contributed by atoms with Gasteiger partial charge in [0.25, 0.3) is 0 Å². The lowest BCUT2D eigenvalue weighted by molar-refractivity contribution is -0.126. The average molecular weight is 500 g/mol. The number of fused-ring (bicyclic) bond motifs is 2. The van der Waals surface area contributed by atoms with Crippen LogP contribution in [-0.4, -0.2) is 51.5 Å². The molecule has 3 aliphatic heterocycles. The lowest BCUT2D eigenvalue weighted by atomic mass is 9.86. The van der Waals surface area contributed by atoms with Gasteiger partial charge in [0.05, 0.1) is 16.2 Å². The number of likely N-dealkylation sites (N-methyl/N-ethyl adjacent to an activating group) is 1. The lowest BCUT2D eigenvalue weighted by Gasteiger charge is -2.31. The largest absolute Gasteiger partial charge is 0.454 e. The highest BCUT2D eigenvalue weighted by Gasteiger charge is 2.43. The van der Waals surface area contributed by atoms with Crippen LogP contribution < -0.4 is 19.7 Å². The molecule has 0 radical (unpaired) electrons. The fraction of sp³-hybridized carbons (Fsp3) is 0.440. The highest BCUT2D eigenvalue weighted by Crippen LogP contribution is 2.42. The molecule has 1 unspecified atom stereocenters. The maximum absolute atomic E-state index is 13.5. The summed E-state index contributed by atoms with van der Waals surface area (Å²) in [6.07, 6.45) is 1.22. The molecule has 2 amide bonds. The monoisotopic (exact) mass is 499 g/mol. The van der Waals surface area contributed by atoms with E-state index in [1.165, 1.54) is 4.31 Å². The number of hydrogen-bond acceptors (Lipinski definition) is 6. The van der Waals surface area contributed by atoms with Gasteiger partial charge in [-0.15, -0.1) is 0 Å². The fourth-order valence-corrected chi connectivity index (χ4v) is 6.57. The van der Waals surface area contributed by atoms with Crippen molar-refractivity contribution in [2.24, 2.45) is 5.92 Å². The van der Waals surface area contributed by atoms with Crippen LogP contribution >= 0.6 is 0 Å². The Labute approximate surface area is 205 Å². The third-order valence-corrected chi connectivity index (χ3v) is 9.00. The van der Waals surface area contributed by atoms with Gasteiger partial charge in [-0.05, 0) is 68.1 Å². The standard InChI is InChI=1S/C25H29N3O6S/c1-25(2)19-12-18(7-8-20(19)27(3)24(25)30)35(31,32)28-10-4-5-17(14-28)23(29)26-13-16-6-9-21-22(11-16)34-15-33-21/h6-9,11-12,17H,4-5,10,13-15H2,1-3H3,(H,26,29). The topological polar surface area (TPSA) is 105 Å². The molecule has 0 spiro atoms. The summed E-state index contributed by atoms with van der Waals surface area (Å²) in [4.78, 5) is 27.2. The van der Waals surface area contributed by atoms with E-state index in [-0.39, 0.29) is 30.0 Å². The van der Waals surface area contributed by atoms with E-state index >= 15 is 0 Å². The van der Waals surface area contributed by atoms with Gasteiger partial charge in [0.15, 0.2) is 11.5 Å². The number of carbonyl (C=O) groups is 2. The van der Waals surface area contributed by atoms with Crippen LogP contribution in [0.5, 0.6) is 11.5 Å². The zero-order chi connectivity index (χ0) is 25.0. The number of rotatable bonds is 5. The SMILES string of the molecule is CN1C(=O)C(C)(C)c2cc(S(=O)(=O)N3CCCC(C(=O)NCc4ccc5c(c4)OCO5)C3)ccc21. The summed E-state index contributed by atoms with van der Waals surface area (Å²) < 4.78 is 39.0. The van der Waals surface area contributed by atoms with E-state index in [1.54, 1.807) is 44.0 Å². The number of carbonyl (C=O) groups excluding carboxylic acids is 2. The number of hydrogen-bond donors (Lipinski definition) is 1. The number of sulfonamides is 1. The van der Waals surface area contributed by atoms with E-state index in [4.69, 9.17) is 9.47 Å². The molecule has 10 heteroatoms. The van der Waals surface area contributed by atoms with Crippen molar-refractivity contribution in [2.45, 2.75) is 43.5 Å². The highest BCUT2D eigenvalue weighted by atomic mass is 32.2. The van der Waals surface area contributed by atoms with Crippen LogP contribution in [0.4, 0.5) is 5.69 Å². The minimum atomic E-state index is -3.82. The van der Waals surface area contributed by atoms with Crippen LogP contribution in [0.3, 0.4) is 0 Å². The van der Waals surface area contributed by atoms with Gasteiger partial charge in [-0.2, -0.15) is 4.31 Å². The molecule has 35 heavy (non-hydrogen) atoms. The van der Waals surface area contributed by atoms with Gasteiger partial charge in [0, 0.05) is 32.4 Å². The second kappa shape index (κ2) is 8.53. The minimum absolute atomic E-state index is 0.0702. The molecule has 3 aliphatic rings. The molecule has 0 bridgehead atoms. The van der Waals surface area contributed by atoms with Crippen LogP contribution in [0.25, 0.3) is 0 Å². The molecule has 2 aromatic carbocycles. The summed E-state index contributed by atoms with van der Waals surface area (Å²) in [5, 5.41) is 2.93.